The fraction of sp³-hybridized carbons (Fsp3) is 0.538. The molecule has 0 unspecified atom stereocenters. The summed E-state index contributed by atoms with van der Waals surface area (Å²) in [7, 11) is -0.215. The average molecular weight is 238 g/mol. The summed E-state index contributed by atoms with van der Waals surface area (Å²) in [6.07, 6.45) is 2.03. The monoisotopic (exact) mass is 238 g/mol. The molecule has 2 nitrogen and oxygen atoms in total. The van der Waals surface area contributed by atoms with Crippen molar-refractivity contribution in [1.29, 1.82) is 0 Å². The maximum absolute atomic E-state index is 5.55. The molecule has 0 spiro atoms. The lowest BCUT2D eigenvalue weighted by molar-refractivity contribution is 0.122. The van der Waals surface area contributed by atoms with Crippen molar-refractivity contribution in [2.45, 2.75) is 25.8 Å². The first-order chi connectivity index (χ1) is 7.93. The Morgan fingerprint density at radius 1 is 1.06 bits per heavy atom. The second-order valence-electron chi connectivity index (χ2n) is 3.81. The van der Waals surface area contributed by atoms with Crippen LogP contribution in [0, 0.1) is 0 Å². The molecule has 0 amide bonds. The van der Waals surface area contributed by atoms with Gasteiger partial charge in [-0.15, -0.1) is 0 Å². The number of ether oxygens (including phenoxy) is 1. The molecule has 16 heavy (non-hydrogen) atoms. The molecule has 1 aromatic rings. The van der Waals surface area contributed by atoms with E-state index in [1.165, 1.54) is 11.6 Å². The fourth-order valence-corrected chi connectivity index (χ4v) is 2.14. The van der Waals surface area contributed by atoms with E-state index in [1.54, 1.807) is 0 Å². The Hall–Kier alpha value is -0.643. The van der Waals surface area contributed by atoms with Gasteiger partial charge in [0.25, 0.3) is 0 Å². The molecule has 1 rings (SSSR count). The van der Waals surface area contributed by atoms with Crippen LogP contribution in [-0.4, -0.2) is 29.6 Å². The van der Waals surface area contributed by atoms with Crippen molar-refractivity contribution in [2.24, 2.45) is 0 Å². The van der Waals surface area contributed by atoms with Gasteiger partial charge in [-0.2, -0.15) is 0 Å². The molecule has 0 bridgehead atoms. The molecule has 0 aromatic heterocycles. The number of rotatable bonds is 9. The van der Waals surface area contributed by atoms with Crippen molar-refractivity contribution in [1.82, 2.24) is 0 Å². The summed E-state index contributed by atoms with van der Waals surface area (Å²) in [5.74, 6) is 0. The Morgan fingerprint density at radius 2 is 1.88 bits per heavy atom. The van der Waals surface area contributed by atoms with Crippen LogP contribution in [0.25, 0.3) is 0 Å². The largest absolute Gasteiger partial charge is 0.424 e. The topological polar surface area (TPSA) is 18.5 Å². The van der Waals surface area contributed by atoms with Crippen molar-refractivity contribution in [3.05, 3.63) is 35.9 Å². The van der Waals surface area contributed by atoms with Crippen molar-refractivity contribution in [2.75, 3.05) is 19.8 Å². The summed E-state index contributed by atoms with van der Waals surface area (Å²) in [6, 6.07) is 11.7. The van der Waals surface area contributed by atoms with E-state index in [2.05, 4.69) is 31.2 Å². The van der Waals surface area contributed by atoms with Crippen LogP contribution in [-0.2, 0) is 15.6 Å². The SMILES string of the molecule is CC[SiH2]OCCCOCCc1ccccc1. The van der Waals surface area contributed by atoms with Crippen molar-refractivity contribution < 1.29 is 9.16 Å². The van der Waals surface area contributed by atoms with E-state index in [0.29, 0.717) is 0 Å². The van der Waals surface area contributed by atoms with Gasteiger partial charge in [-0.25, -0.2) is 0 Å². The van der Waals surface area contributed by atoms with Gasteiger partial charge in [0.2, 0.25) is 0 Å². The summed E-state index contributed by atoms with van der Waals surface area (Å²) in [5.41, 5.74) is 1.34. The van der Waals surface area contributed by atoms with Crippen LogP contribution in [0.1, 0.15) is 18.9 Å². The van der Waals surface area contributed by atoms with Gasteiger partial charge in [-0.05, 0) is 24.4 Å². The van der Waals surface area contributed by atoms with Gasteiger partial charge in [-0.1, -0.05) is 37.3 Å². The normalized spacial score (nSPS) is 11.3. The van der Waals surface area contributed by atoms with Gasteiger partial charge < -0.3 is 9.16 Å². The molecule has 0 radical (unpaired) electrons. The van der Waals surface area contributed by atoms with Crippen molar-refractivity contribution in [3.63, 3.8) is 0 Å². The molecular weight excluding hydrogens is 216 g/mol. The smallest absolute Gasteiger partial charge is 0.161 e. The van der Waals surface area contributed by atoms with E-state index in [1.807, 2.05) is 6.07 Å². The van der Waals surface area contributed by atoms with E-state index in [9.17, 15) is 0 Å². The first-order valence-electron chi connectivity index (χ1n) is 6.13. The minimum Gasteiger partial charge on any atom is -0.424 e. The molecule has 0 saturated heterocycles. The third kappa shape index (κ3) is 6.77. The molecule has 0 saturated carbocycles. The molecule has 0 atom stereocenters. The Bertz CT molecular complexity index is 251. The van der Waals surface area contributed by atoms with Gasteiger partial charge in [0.05, 0.1) is 6.61 Å². The Morgan fingerprint density at radius 3 is 2.62 bits per heavy atom. The first kappa shape index (κ1) is 13.4. The average Bonchev–Trinajstić information content (AvgIpc) is 2.34. The Balaban J connectivity index is 1.89. The Labute approximate surface area is 101 Å². The zero-order valence-corrected chi connectivity index (χ0v) is 11.6. The molecule has 90 valence electrons. The van der Waals surface area contributed by atoms with E-state index < -0.39 is 0 Å². The summed E-state index contributed by atoms with van der Waals surface area (Å²) in [5, 5.41) is 0. The lowest BCUT2D eigenvalue weighted by atomic mass is 10.2. The number of benzene rings is 1. The fourth-order valence-electron chi connectivity index (χ4n) is 1.45. The molecule has 0 fully saturated rings. The van der Waals surface area contributed by atoms with Crippen LogP contribution in [0.2, 0.25) is 6.04 Å². The molecule has 0 aliphatic heterocycles. The lowest BCUT2D eigenvalue weighted by Gasteiger charge is -2.05. The van der Waals surface area contributed by atoms with Gasteiger partial charge in [0.15, 0.2) is 9.76 Å². The molecule has 0 aliphatic rings. The molecule has 0 N–H and O–H groups in total. The standard InChI is InChI=1S/C13H22O2Si/c1-2-16-15-11-6-10-14-12-9-13-7-4-3-5-8-13/h3-5,7-8H,2,6,9-12,16H2,1H3. The van der Waals surface area contributed by atoms with E-state index in [0.717, 1.165) is 32.7 Å². The van der Waals surface area contributed by atoms with Crippen molar-refractivity contribution >= 4 is 9.76 Å². The number of hydrogen-bond donors (Lipinski definition) is 0. The van der Waals surface area contributed by atoms with E-state index in [4.69, 9.17) is 9.16 Å². The summed E-state index contributed by atoms with van der Waals surface area (Å²) >= 11 is 0. The highest BCUT2D eigenvalue weighted by Crippen LogP contribution is 1.99. The summed E-state index contributed by atoms with van der Waals surface area (Å²) < 4.78 is 11.1. The highest BCUT2D eigenvalue weighted by atomic mass is 28.2. The van der Waals surface area contributed by atoms with Gasteiger partial charge in [-0.3, -0.25) is 0 Å². The lowest BCUT2D eigenvalue weighted by Crippen LogP contribution is -2.05. The minimum atomic E-state index is -0.215. The third-order valence-electron chi connectivity index (χ3n) is 2.30. The second kappa shape index (κ2) is 9.57. The van der Waals surface area contributed by atoms with Gasteiger partial charge in [0, 0.05) is 13.2 Å². The first-order valence-corrected chi connectivity index (χ1v) is 7.70. The highest BCUT2D eigenvalue weighted by Gasteiger charge is 1.92. The maximum atomic E-state index is 5.55. The number of hydrogen-bond acceptors (Lipinski definition) is 2. The van der Waals surface area contributed by atoms with Crippen LogP contribution in [0.5, 0.6) is 0 Å². The van der Waals surface area contributed by atoms with Crippen LogP contribution in [0.4, 0.5) is 0 Å². The molecule has 1 aromatic carbocycles. The second-order valence-corrected chi connectivity index (χ2v) is 5.63. The molecular formula is C13H22O2Si. The minimum absolute atomic E-state index is 0.215. The third-order valence-corrected chi connectivity index (χ3v) is 3.29. The predicted molar refractivity (Wildman–Crippen MR) is 70.6 cm³/mol. The Kier molecular flexibility index (Phi) is 8.03. The van der Waals surface area contributed by atoms with Crippen LogP contribution < -0.4 is 0 Å². The van der Waals surface area contributed by atoms with Crippen LogP contribution in [0.15, 0.2) is 30.3 Å². The van der Waals surface area contributed by atoms with Gasteiger partial charge >= 0.3 is 0 Å². The van der Waals surface area contributed by atoms with Crippen molar-refractivity contribution in [3.8, 4) is 0 Å². The molecule has 0 aliphatic carbocycles. The summed E-state index contributed by atoms with van der Waals surface area (Å²) in [4.78, 5) is 0. The van der Waals surface area contributed by atoms with Crippen LogP contribution in [0.3, 0.4) is 0 Å². The molecule has 3 heteroatoms. The zero-order chi connectivity index (χ0) is 11.5. The van der Waals surface area contributed by atoms with Crippen LogP contribution >= 0.6 is 0 Å². The van der Waals surface area contributed by atoms with E-state index >= 15 is 0 Å². The quantitative estimate of drug-likeness (QED) is 0.485. The predicted octanol–water partition coefficient (Wildman–Crippen LogP) is 2.17. The summed E-state index contributed by atoms with van der Waals surface area (Å²) in [6.45, 7) is 4.70. The zero-order valence-electron chi connectivity index (χ0n) is 10.2. The highest BCUT2D eigenvalue weighted by molar-refractivity contribution is 6.26. The van der Waals surface area contributed by atoms with E-state index in [-0.39, 0.29) is 9.76 Å². The molecule has 0 heterocycles. The maximum Gasteiger partial charge on any atom is 0.161 e. The van der Waals surface area contributed by atoms with Gasteiger partial charge in [0.1, 0.15) is 0 Å².